The number of fused-ring (bicyclic) bond motifs is 2. The Morgan fingerprint density at radius 1 is 1.31 bits per heavy atom. The number of urea groups is 1. The molecule has 26 heavy (non-hydrogen) atoms. The van der Waals surface area contributed by atoms with E-state index in [-0.39, 0.29) is 12.0 Å². The molecule has 1 saturated carbocycles. The standard InChI is InChI=1S/C20H32N2O4/c1-5-21-17(24)22-16(23)20-11-15(19(4,13-20)26-18(20,2)3)25-12-14-9-7-6-8-10-14/h9,15H,5-8,10-13H2,1-4H3,(H2,21,22,23,24). The summed E-state index contributed by atoms with van der Waals surface area (Å²) < 4.78 is 12.5. The lowest BCUT2D eigenvalue weighted by Gasteiger charge is -2.44. The minimum Gasteiger partial charge on any atom is -0.371 e. The molecule has 1 heterocycles. The summed E-state index contributed by atoms with van der Waals surface area (Å²) in [4.78, 5) is 24.9. The van der Waals surface area contributed by atoms with E-state index in [2.05, 4.69) is 16.7 Å². The molecule has 6 nitrogen and oxygen atoms in total. The van der Waals surface area contributed by atoms with Crippen molar-refractivity contribution >= 4 is 11.9 Å². The van der Waals surface area contributed by atoms with E-state index in [0.29, 0.717) is 26.0 Å². The molecule has 2 fully saturated rings. The highest BCUT2D eigenvalue weighted by atomic mass is 16.6. The fourth-order valence-corrected chi connectivity index (χ4v) is 4.91. The second-order valence-electron chi connectivity index (χ2n) is 8.61. The smallest absolute Gasteiger partial charge is 0.321 e. The molecule has 3 unspecified atom stereocenters. The van der Waals surface area contributed by atoms with Crippen molar-refractivity contribution in [2.45, 2.75) is 83.5 Å². The van der Waals surface area contributed by atoms with Gasteiger partial charge in [0.25, 0.3) is 0 Å². The molecule has 0 aromatic heterocycles. The summed E-state index contributed by atoms with van der Waals surface area (Å²) in [5.74, 6) is -0.264. The molecular formula is C20H32N2O4. The van der Waals surface area contributed by atoms with Crippen LogP contribution in [0.2, 0.25) is 0 Å². The van der Waals surface area contributed by atoms with Crippen molar-refractivity contribution in [2.24, 2.45) is 5.41 Å². The Kier molecular flexibility index (Phi) is 5.19. The maximum absolute atomic E-state index is 13.0. The number of hydrogen-bond donors (Lipinski definition) is 2. The van der Waals surface area contributed by atoms with Crippen LogP contribution in [0.1, 0.15) is 66.2 Å². The van der Waals surface area contributed by atoms with Crippen LogP contribution in [0.3, 0.4) is 0 Å². The molecule has 2 bridgehead atoms. The molecule has 146 valence electrons. The Balaban J connectivity index is 1.72. The van der Waals surface area contributed by atoms with Gasteiger partial charge in [-0.1, -0.05) is 6.08 Å². The van der Waals surface area contributed by atoms with Crippen LogP contribution in [-0.2, 0) is 14.3 Å². The first-order valence-corrected chi connectivity index (χ1v) is 9.81. The molecule has 3 rings (SSSR count). The molecule has 0 aromatic carbocycles. The summed E-state index contributed by atoms with van der Waals surface area (Å²) in [5.41, 5.74) is -0.541. The SMILES string of the molecule is CCNC(=O)NC(=O)C12CC(OCC3=CCCCC3)C(C)(C1)OC2(C)C. The first-order valence-electron chi connectivity index (χ1n) is 9.81. The molecule has 0 aromatic rings. The van der Waals surface area contributed by atoms with E-state index in [4.69, 9.17) is 9.47 Å². The molecule has 0 radical (unpaired) electrons. The number of amides is 3. The lowest BCUT2D eigenvalue weighted by molar-refractivity contribution is -0.198. The zero-order valence-corrected chi connectivity index (χ0v) is 16.4. The highest BCUT2D eigenvalue weighted by Gasteiger charge is 2.71. The van der Waals surface area contributed by atoms with Gasteiger partial charge in [-0.15, -0.1) is 0 Å². The van der Waals surface area contributed by atoms with E-state index in [1.54, 1.807) is 0 Å². The zero-order chi connectivity index (χ0) is 19.0. The first kappa shape index (κ1) is 19.4. The van der Waals surface area contributed by atoms with Crippen LogP contribution in [-0.4, -0.2) is 42.4 Å². The number of carbonyl (C=O) groups is 2. The number of carbonyl (C=O) groups excluding carboxylic acids is 2. The summed E-state index contributed by atoms with van der Waals surface area (Å²) in [7, 11) is 0. The van der Waals surface area contributed by atoms with Gasteiger partial charge < -0.3 is 14.8 Å². The lowest BCUT2D eigenvalue weighted by atomic mass is 9.72. The monoisotopic (exact) mass is 364 g/mol. The number of allylic oxidation sites excluding steroid dienone is 1. The minimum absolute atomic E-state index is 0.140. The van der Waals surface area contributed by atoms with Crippen molar-refractivity contribution in [1.29, 1.82) is 0 Å². The topological polar surface area (TPSA) is 76.7 Å². The van der Waals surface area contributed by atoms with Gasteiger partial charge in [0.1, 0.15) is 0 Å². The van der Waals surface area contributed by atoms with Crippen molar-refractivity contribution in [3.8, 4) is 0 Å². The number of nitrogens with one attached hydrogen (secondary N) is 2. The lowest BCUT2D eigenvalue weighted by Crippen LogP contribution is -2.57. The van der Waals surface area contributed by atoms with Gasteiger partial charge in [0.05, 0.1) is 29.3 Å². The van der Waals surface area contributed by atoms with Crippen LogP contribution in [0.4, 0.5) is 4.79 Å². The van der Waals surface area contributed by atoms with Gasteiger partial charge in [0.15, 0.2) is 0 Å². The van der Waals surface area contributed by atoms with Crippen LogP contribution >= 0.6 is 0 Å². The Morgan fingerprint density at radius 3 is 2.73 bits per heavy atom. The van der Waals surface area contributed by atoms with E-state index in [1.807, 2.05) is 27.7 Å². The predicted octanol–water partition coefficient (Wildman–Crippen LogP) is 3.07. The Bertz CT molecular complexity index is 615. The van der Waals surface area contributed by atoms with Crippen molar-refractivity contribution < 1.29 is 19.1 Å². The Morgan fingerprint density at radius 2 is 2.08 bits per heavy atom. The van der Waals surface area contributed by atoms with Crippen molar-refractivity contribution in [3.63, 3.8) is 0 Å². The number of imide groups is 1. The van der Waals surface area contributed by atoms with Crippen molar-refractivity contribution in [1.82, 2.24) is 10.6 Å². The third-order valence-corrected chi connectivity index (χ3v) is 6.36. The molecule has 2 N–H and O–H groups in total. The third kappa shape index (κ3) is 3.29. The average Bonchev–Trinajstić information content (AvgIpc) is 2.98. The molecular weight excluding hydrogens is 332 g/mol. The quantitative estimate of drug-likeness (QED) is 0.735. The molecule has 1 aliphatic heterocycles. The highest BCUT2D eigenvalue weighted by molar-refractivity contribution is 5.98. The van der Waals surface area contributed by atoms with Gasteiger partial charge in [-0.3, -0.25) is 10.1 Å². The summed E-state index contributed by atoms with van der Waals surface area (Å²) in [6, 6.07) is -0.451. The van der Waals surface area contributed by atoms with Gasteiger partial charge in [-0.05, 0) is 71.8 Å². The van der Waals surface area contributed by atoms with Crippen LogP contribution < -0.4 is 10.6 Å². The second-order valence-corrected chi connectivity index (χ2v) is 8.61. The molecule has 3 atom stereocenters. The predicted molar refractivity (Wildman–Crippen MR) is 98.7 cm³/mol. The zero-order valence-electron chi connectivity index (χ0n) is 16.4. The summed E-state index contributed by atoms with van der Waals surface area (Å²) >= 11 is 0. The first-order chi connectivity index (χ1) is 12.2. The molecule has 1 saturated heterocycles. The Hall–Kier alpha value is -1.40. The maximum atomic E-state index is 13.0. The summed E-state index contributed by atoms with van der Waals surface area (Å²) in [6.45, 7) is 8.82. The summed E-state index contributed by atoms with van der Waals surface area (Å²) in [5, 5.41) is 5.12. The van der Waals surface area contributed by atoms with E-state index in [9.17, 15) is 9.59 Å². The van der Waals surface area contributed by atoms with Gasteiger partial charge in [-0.2, -0.15) is 0 Å². The number of ether oxygens (including phenoxy) is 2. The fraction of sp³-hybridized carbons (Fsp3) is 0.800. The van der Waals surface area contributed by atoms with Gasteiger partial charge in [0.2, 0.25) is 5.91 Å². The van der Waals surface area contributed by atoms with Crippen LogP contribution in [0.25, 0.3) is 0 Å². The Labute approximate surface area is 156 Å². The molecule has 6 heteroatoms. The maximum Gasteiger partial charge on any atom is 0.321 e. The summed E-state index contributed by atoms with van der Waals surface area (Å²) in [6.07, 6.45) is 7.99. The number of hydrogen-bond acceptors (Lipinski definition) is 4. The van der Waals surface area contributed by atoms with Crippen LogP contribution in [0.5, 0.6) is 0 Å². The highest BCUT2D eigenvalue weighted by Crippen LogP contribution is 2.62. The van der Waals surface area contributed by atoms with E-state index < -0.39 is 22.6 Å². The van der Waals surface area contributed by atoms with Gasteiger partial charge >= 0.3 is 6.03 Å². The molecule has 3 amide bonds. The molecule has 2 aliphatic carbocycles. The van der Waals surface area contributed by atoms with Crippen molar-refractivity contribution in [2.75, 3.05) is 13.2 Å². The van der Waals surface area contributed by atoms with E-state index in [1.165, 1.54) is 18.4 Å². The molecule has 0 spiro atoms. The van der Waals surface area contributed by atoms with Crippen LogP contribution in [0, 0.1) is 5.41 Å². The van der Waals surface area contributed by atoms with Crippen molar-refractivity contribution in [3.05, 3.63) is 11.6 Å². The largest absolute Gasteiger partial charge is 0.371 e. The average molecular weight is 364 g/mol. The number of rotatable bonds is 5. The van der Waals surface area contributed by atoms with E-state index in [0.717, 1.165) is 12.8 Å². The molecule has 3 aliphatic rings. The third-order valence-electron chi connectivity index (χ3n) is 6.36. The van der Waals surface area contributed by atoms with Gasteiger partial charge in [0, 0.05) is 6.54 Å². The van der Waals surface area contributed by atoms with Crippen LogP contribution in [0.15, 0.2) is 11.6 Å². The normalized spacial score (nSPS) is 35.1. The van der Waals surface area contributed by atoms with Gasteiger partial charge in [-0.25, -0.2) is 4.79 Å². The fourth-order valence-electron chi connectivity index (χ4n) is 4.91. The second kappa shape index (κ2) is 6.97. The van der Waals surface area contributed by atoms with E-state index >= 15 is 0 Å². The minimum atomic E-state index is -0.752.